The maximum absolute atomic E-state index is 4.01. The Morgan fingerprint density at radius 1 is 1.55 bits per heavy atom. The van der Waals surface area contributed by atoms with Gasteiger partial charge >= 0.3 is 0 Å². The van der Waals surface area contributed by atoms with Crippen LogP contribution in [-0.4, -0.2) is 18.6 Å². The molecule has 0 aromatic carbocycles. The minimum Gasteiger partial charge on any atom is -0.319 e. The quantitative estimate of drug-likeness (QED) is 0.709. The first kappa shape index (κ1) is 10.1. The van der Waals surface area contributed by atoms with Gasteiger partial charge in [0.2, 0.25) is 0 Å². The number of pyridine rings is 1. The zero-order valence-corrected chi connectivity index (χ0v) is 6.17. The zero-order valence-electron chi connectivity index (χ0n) is 6.17. The van der Waals surface area contributed by atoms with Gasteiger partial charge in [0.05, 0.1) is 0 Å². The lowest BCUT2D eigenvalue weighted by Gasteiger charge is -1.97. The maximum Gasteiger partial charge on any atom is 0.0300 e. The molecule has 1 rings (SSSR count). The van der Waals surface area contributed by atoms with Crippen molar-refractivity contribution in [3.05, 3.63) is 30.1 Å². The molecule has 1 aromatic heterocycles. The molecule has 0 atom stereocenters. The van der Waals surface area contributed by atoms with Crippen LogP contribution in [0.4, 0.5) is 0 Å². The summed E-state index contributed by atoms with van der Waals surface area (Å²) in [6.07, 6.45) is 4.75. The smallest absolute Gasteiger partial charge is 0.0300 e. The Morgan fingerprint density at radius 3 is 2.91 bits per heavy atom. The summed E-state index contributed by atoms with van der Waals surface area (Å²) < 4.78 is 0. The number of likely N-dealkylation sites (N-methyl/N-ethyl adjacent to an activating group) is 1. The van der Waals surface area contributed by atoms with Crippen LogP contribution in [0.15, 0.2) is 24.5 Å². The highest BCUT2D eigenvalue weighted by Crippen LogP contribution is 1.94. The second kappa shape index (κ2) is 5.86. The first-order chi connectivity index (χ1) is 4.93. The summed E-state index contributed by atoms with van der Waals surface area (Å²) in [6, 6.07) is 4.05. The average Bonchev–Trinajstić information content (AvgIpc) is 2.03. The van der Waals surface area contributed by atoms with Crippen molar-refractivity contribution in [2.24, 2.45) is 0 Å². The fourth-order valence-corrected chi connectivity index (χ4v) is 0.815. The number of aromatic nitrogens is 1. The van der Waals surface area contributed by atoms with E-state index in [0.29, 0.717) is 0 Å². The van der Waals surface area contributed by atoms with E-state index in [-0.39, 0.29) is 7.43 Å². The van der Waals surface area contributed by atoms with Gasteiger partial charge in [-0.05, 0) is 31.6 Å². The minimum absolute atomic E-state index is 0. The third-order valence-electron chi connectivity index (χ3n) is 1.39. The molecule has 0 unspecified atom stereocenters. The van der Waals surface area contributed by atoms with Gasteiger partial charge in [-0.25, -0.2) is 0 Å². The molecule has 0 fully saturated rings. The van der Waals surface area contributed by atoms with Crippen molar-refractivity contribution >= 4 is 0 Å². The van der Waals surface area contributed by atoms with Crippen LogP contribution in [0.3, 0.4) is 0 Å². The van der Waals surface area contributed by atoms with Gasteiger partial charge in [0.1, 0.15) is 0 Å². The summed E-state index contributed by atoms with van der Waals surface area (Å²) in [5.74, 6) is 0. The molecule has 2 nitrogen and oxygen atoms in total. The van der Waals surface area contributed by atoms with Crippen LogP contribution in [-0.2, 0) is 6.42 Å². The van der Waals surface area contributed by atoms with Crippen molar-refractivity contribution in [2.45, 2.75) is 13.8 Å². The molecule has 0 bridgehead atoms. The molecule has 2 heteroatoms. The highest BCUT2D eigenvalue weighted by Gasteiger charge is 1.87. The van der Waals surface area contributed by atoms with Crippen LogP contribution in [0.2, 0.25) is 0 Å². The zero-order chi connectivity index (χ0) is 7.23. The van der Waals surface area contributed by atoms with E-state index in [2.05, 4.69) is 16.4 Å². The van der Waals surface area contributed by atoms with Gasteiger partial charge < -0.3 is 5.32 Å². The van der Waals surface area contributed by atoms with Crippen LogP contribution in [0.1, 0.15) is 13.0 Å². The highest BCUT2D eigenvalue weighted by atomic mass is 14.8. The molecule has 0 spiro atoms. The molecule has 62 valence electrons. The summed E-state index contributed by atoms with van der Waals surface area (Å²) in [5.41, 5.74) is 1.29. The predicted molar refractivity (Wildman–Crippen MR) is 48.6 cm³/mol. The molecule has 0 saturated heterocycles. The third-order valence-corrected chi connectivity index (χ3v) is 1.39. The fraction of sp³-hybridized carbons (Fsp3) is 0.444. The van der Waals surface area contributed by atoms with Gasteiger partial charge in [-0.3, -0.25) is 4.98 Å². The molecule has 1 heterocycles. The van der Waals surface area contributed by atoms with E-state index in [1.165, 1.54) is 5.56 Å². The van der Waals surface area contributed by atoms with Crippen molar-refractivity contribution in [3.63, 3.8) is 0 Å². The Balaban J connectivity index is 0.000001000. The molecule has 0 amide bonds. The van der Waals surface area contributed by atoms with E-state index in [9.17, 15) is 0 Å². The van der Waals surface area contributed by atoms with Crippen LogP contribution >= 0.6 is 0 Å². The Kier molecular flexibility index (Phi) is 5.39. The number of nitrogens with one attached hydrogen (secondary N) is 1. The lowest BCUT2D eigenvalue weighted by molar-refractivity contribution is 0.789. The molecule has 1 aromatic rings. The van der Waals surface area contributed by atoms with E-state index in [4.69, 9.17) is 0 Å². The van der Waals surface area contributed by atoms with Gasteiger partial charge in [0.15, 0.2) is 0 Å². The van der Waals surface area contributed by atoms with Crippen molar-refractivity contribution in [3.8, 4) is 0 Å². The number of nitrogens with zero attached hydrogens (tertiary/aromatic N) is 1. The maximum atomic E-state index is 4.01. The minimum atomic E-state index is 0. The predicted octanol–water partition coefficient (Wildman–Crippen LogP) is 1.48. The summed E-state index contributed by atoms with van der Waals surface area (Å²) in [4.78, 5) is 4.01. The molecule has 1 N–H and O–H groups in total. The molecule has 0 radical (unpaired) electrons. The van der Waals surface area contributed by atoms with E-state index < -0.39 is 0 Å². The van der Waals surface area contributed by atoms with E-state index in [1.807, 2.05) is 19.3 Å². The standard InChI is InChI=1S/C8H12N2.CH4/c1-9-6-4-8-3-2-5-10-7-8;/h2-3,5,7,9H,4,6H2,1H3;1H4. The molecule has 0 aliphatic carbocycles. The Hall–Kier alpha value is -0.890. The molecular weight excluding hydrogens is 136 g/mol. The molecule has 0 aliphatic heterocycles. The van der Waals surface area contributed by atoms with Crippen LogP contribution in [0, 0.1) is 0 Å². The number of hydrogen-bond donors (Lipinski definition) is 1. The molecule has 0 saturated carbocycles. The largest absolute Gasteiger partial charge is 0.319 e. The first-order valence-corrected chi connectivity index (χ1v) is 3.47. The second-order valence-electron chi connectivity index (χ2n) is 2.21. The summed E-state index contributed by atoms with van der Waals surface area (Å²) in [6.45, 7) is 1.02. The van der Waals surface area contributed by atoms with Gasteiger partial charge in [0.25, 0.3) is 0 Å². The average molecular weight is 152 g/mol. The lowest BCUT2D eigenvalue weighted by atomic mass is 10.2. The SMILES string of the molecule is C.CNCCc1cccnc1. The number of rotatable bonds is 3. The molecular formula is C9H16N2. The first-order valence-electron chi connectivity index (χ1n) is 3.47. The van der Waals surface area contributed by atoms with Crippen molar-refractivity contribution in [1.29, 1.82) is 0 Å². The second-order valence-corrected chi connectivity index (χ2v) is 2.21. The van der Waals surface area contributed by atoms with E-state index in [1.54, 1.807) is 6.20 Å². The topological polar surface area (TPSA) is 24.9 Å². The van der Waals surface area contributed by atoms with Crippen LogP contribution in [0.5, 0.6) is 0 Å². The highest BCUT2D eigenvalue weighted by molar-refractivity contribution is 5.08. The van der Waals surface area contributed by atoms with Gasteiger partial charge in [-0.15, -0.1) is 0 Å². The fourth-order valence-electron chi connectivity index (χ4n) is 0.815. The summed E-state index contributed by atoms with van der Waals surface area (Å²) >= 11 is 0. The van der Waals surface area contributed by atoms with Gasteiger partial charge in [-0.1, -0.05) is 13.5 Å². The van der Waals surface area contributed by atoms with Crippen LogP contribution < -0.4 is 5.32 Å². The molecule has 11 heavy (non-hydrogen) atoms. The van der Waals surface area contributed by atoms with Gasteiger partial charge in [0, 0.05) is 12.4 Å². The lowest BCUT2D eigenvalue weighted by Crippen LogP contribution is -2.10. The summed E-state index contributed by atoms with van der Waals surface area (Å²) in [7, 11) is 1.95. The van der Waals surface area contributed by atoms with Crippen molar-refractivity contribution < 1.29 is 0 Å². The third kappa shape index (κ3) is 3.73. The van der Waals surface area contributed by atoms with E-state index in [0.717, 1.165) is 13.0 Å². The Morgan fingerprint density at radius 2 is 2.36 bits per heavy atom. The van der Waals surface area contributed by atoms with Crippen molar-refractivity contribution in [1.82, 2.24) is 10.3 Å². The summed E-state index contributed by atoms with van der Waals surface area (Å²) in [5, 5.41) is 3.09. The number of hydrogen-bond acceptors (Lipinski definition) is 2. The monoisotopic (exact) mass is 152 g/mol. The molecule has 0 aliphatic rings. The normalized spacial score (nSPS) is 8.82. The van der Waals surface area contributed by atoms with E-state index >= 15 is 0 Å². The Labute approximate surface area is 68.7 Å². The van der Waals surface area contributed by atoms with Crippen molar-refractivity contribution in [2.75, 3.05) is 13.6 Å². The van der Waals surface area contributed by atoms with Crippen LogP contribution in [0.25, 0.3) is 0 Å². The van der Waals surface area contributed by atoms with Gasteiger partial charge in [-0.2, -0.15) is 0 Å². The Bertz CT molecular complexity index is 172.